The largest absolute Gasteiger partial charge is 0.359 e. The van der Waals surface area contributed by atoms with Crippen LogP contribution in [0.2, 0.25) is 0 Å². The topological polar surface area (TPSA) is 45.2 Å². The van der Waals surface area contributed by atoms with Gasteiger partial charge in [-0.1, -0.05) is 12.1 Å². The zero-order valence-corrected chi connectivity index (χ0v) is 7.16. The summed E-state index contributed by atoms with van der Waals surface area (Å²) in [4.78, 5) is 16.7. The Hall–Kier alpha value is -1.86. The third kappa shape index (κ3) is 1.25. The maximum absolute atomic E-state index is 10.1. The van der Waals surface area contributed by atoms with Crippen LogP contribution in [-0.4, -0.2) is 11.1 Å². The van der Waals surface area contributed by atoms with Gasteiger partial charge in [-0.2, -0.15) is 4.99 Å². The molecule has 0 saturated heterocycles. The summed E-state index contributed by atoms with van der Waals surface area (Å²) in [6, 6.07) is 5.94. The van der Waals surface area contributed by atoms with Gasteiger partial charge in [0.2, 0.25) is 6.08 Å². The number of aliphatic imine (C=N–C) groups is 1. The second kappa shape index (κ2) is 2.88. The first kappa shape index (κ1) is 7.77. The van der Waals surface area contributed by atoms with Crippen molar-refractivity contribution in [2.45, 2.75) is 6.92 Å². The predicted molar refractivity (Wildman–Crippen MR) is 50.8 cm³/mol. The molecule has 0 spiro atoms. The molecule has 0 atom stereocenters. The first-order chi connectivity index (χ1) is 6.31. The van der Waals surface area contributed by atoms with E-state index in [0.717, 1.165) is 10.9 Å². The summed E-state index contributed by atoms with van der Waals surface area (Å²) in [7, 11) is 0. The Balaban J connectivity index is 2.75. The van der Waals surface area contributed by atoms with E-state index in [9.17, 15) is 4.79 Å². The van der Waals surface area contributed by atoms with Crippen molar-refractivity contribution in [3.8, 4) is 0 Å². The van der Waals surface area contributed by atoms with E-state index in [1.165, 1.54) is 11.6 Å². The molecule has 0 unspecified atom stereocenters. The molecular weight excluding hydrogens is 164 g/mol. The number of carbonyl (C=O) groups excluding carboxylic acids is 1. The third-order valence-corrected chi connectivity index (χ3v) is 1.98. The lowest BCUT2D eigenvalue weighted by Crippen LogP contribution is -1.71. The Morgan fingerprint density at radius 3 is 3.08 bits per heavy atom. The highest BCUT2D eigenvalue weighted by Gasteiger charge is 2.01. The highest BCUT2D eigenvalue weighted by molar-refractivity contribution is 5.91. The molecule has 1 N–H and O–H groups in total. The fourth-order valence-electron chi connectivity index (χ4n) is 1.37. The molecule has 1 heterocycles. The minimum absolute atomic E-state index is 0.644. The van der Waals surface area contributed by atoms with Crippen LogP contribution in [0.3, 0.4) is 0 Å². The molecule has 1 aromatic heterocycles. The van der Waals surface area contributed by atoms with Gasteiger partial charge in [0, 0.05) is 17.1 Å². The number of isocyanates is 1. The van der Waals surface area contributed by atoms with Crippen LogP contribution in [0.25, 0.3) is 10.9 Å². The average Bonchev–Trinajstić information content (AvgIpc) is 2.49. The van der Waals surface area contributed by atoms with Crippen LogP contribution in [0.15, 0.2) is 29.4 Å². The van der Waals surface area contributed by atoms with E-state index in [1.54, 1.807) is 6.20 Å². The van der Waals surface area contributed by atoms with Crippen molar-refractivity contribution < 1.29 is 4.79 Å². The van der Waals surface area contributed by atoms with Gasteiger partial charge in [-0.05, 0) is 18.6 Å². The number of hydrogen-bond acceptors (Lipinski definition) is 2. The zero-order chi connectivity index (χ0) is 9.26. The van der Waals surface area contributed by atoms with Crippen LogP contribution < -0.4 is 0 Å². The molecule has 2 rings (SSSR count). The van der Waals surface area contributed by atoms with Crippen molar-refractivity contribution >= 4 is 22.7 Å². The predicted octanol–water partition coefficient (Wildman–Crippen LogP) is 2.44. The number of nitrogens with zero attached hydrogens (tertiary/aromatic N) is 1. The van der Waals surface area contributed by atoms with Crippen molar-refractivity contribution in [1.82, 2.24) is 4.98 Å². The van der Waals surface area contributed by atoms with Gasteiger partial charge in [0.05, 0.1) is 0 Å². The molecule has 13 heavy (non-hydrogen) atoms. The van der Waals surface area contributed by atoms with Crippen LogP contribution in [0.5, 0.6) is 0 Å². The number of aromatic nitrogens is 1. The summed E-state index contributed by atoms with van der Waals surface area (Å²) >= 11 is 0. The molecule has 0 bridgehead atoms. The number of hydrogen-bond donors (Lipinski definition) is 1. The van der Waals surface area contributed by atoms with Crippen LogP contribution in [0.1, 0.15) is 5.56 Å². The number of rotatable bonds is 1. The Morgan fingerprint density at radius 1 is 1.46 bits per heavy atom. The summed E-state index contributed by atoms with van der Waals surface area (Å²) in [5.41, 5.74) is 2.81. The lowest BCUT2D eigenvalue weighted by molar-refractivity contribution is 0.565. The minimum Gasteiger partial charge on any atom is -0.359 e. The molecule has 0 saturated carbocycles. The number of aromatic amines is 1. The summed E-state index contributed by atoms with van der Waals surface area (Å²) in [5, 5.41) is 0.953. The minimum atomic E-state index is 0.644. The van der Waals surface area contributed by atoms with Crippen molar-refractivity contribution in [3.63, 3.8) is 0 Å². The van der Waals surface area contributed by atoms with E-state index in [4.69, 9.17) is 0 Å². The van der Waals surface area contributed by atoms with Crippen LogP contribution in [-0.2, 0) is 4.79 Å². The standard InChI is InChI=1S/C10H8N2O/c1-7-2-3-8-9(4-7)11-5-10(8)12-6-13/h2-5,11H,1H3. The number of H-pyrrole nitrogens is 1. The Labute approximate surface area is 75.1 Å². The highest BCUT2D eigenvalue weighted by Crippen LogP contribution is 2.25. The summed E-state index contributed by atoms with van der Waals surface area (Å²) < 4.78 is 0. The highest BCUT2D eigenvalue weighted by atomic mass is 16.1. The Bertz CT molecular complexity index is 493. The van der Waals surface area contributed by atoms with Crippen LogP contribution in [0.4, 0.5) is 5.69 Å². The van der Waals surface area contributed by atoms with E-state index in [0.29, 0.717) is 5.69 Å². The van der Waals surface area contributed by atoms with E-state index >= 15 is 0 Å². The molecule has 3 heteroatoms. The molecule has 0 aliphatic rings. The first-order valence-electron chi connectivity index (χ1n) is 3.97. The fourth-order valence-corrected chi connectivity index (χ4v) is 1.37. The van der Waals surface area contributed by atoms with Gasteiger partial charge in [-0.3, -0.25) is 0 Å². The van der Waals surface area contributed by atoms with Crippen LogP contribution >= 0.6 is 0 Å². The van der Waals surface area contributed by atoms with E-state index in [1.807, 2.05) is 25.1 Å². The van der Waals surface area contributed by atoms with Crippen molar-refractivity contribution in [3.05, 3.63) is 30.0 Å². The number of benzene rings is 1. The van der Waals surface area contributed by atoms with Gasteiger partial charge in [-0.25, -0.2) is 4.79 Å². The second-order valence-corrected chi connectivity index (χ2v) is 2.93. The van der Waals surface area contributed by atoms with E-state index < -0.39 is 0 Å². The van der Waals surface area contributed by atoms with Gasteiger partial charge in [0.15, 0.2) is 0 Å². The maximum Gasteiger partial charge on any atom is 0.240 e. The van der Waals surface area contributed by atoms with Crippen molar-refractivity contribution in [2.24, 2.45) is 4.99 Å². The quantitative estimate of drug-likeness (QED) is 0.521. The van der Waals surface area contributed by atoms with Gasteiger partial charge in [0.1, 0.15) is 5.69 Å². The molecule has 3 nitrogen and oxygen atoms in total. The van der Waals surface area contributed by atoms with Gasteiger partial charge in [-0.15, -0.1) is 0 Å². The fraction of sp³-hybridized carbons (Fsp3) is 0.100. The molecule has 0 aliphatic carbocycles. The average molecular weight is 172 g/mol. The Morgan fingerprint density at radius 2 is 2.31 bits per heavy atom. The molecule has 64 valence electrons. The third-order valence-electron chi connectivity index (χ3n) is 1.98. The zero-order valence-electron chi connectivity index (χ0n) is 7.16. The SMILES string of the molecule is Cc1ccc2c(N=C=O)c[nH]c2c1. The number of fused-ring (bicyclic) bond motifs is 1. The summed E-state index contributed by atoms with van der Waals surface area (Å²) in [5.74, 6) is 0. The van der Waals surface area contributed by atoms with E-state index in [2.05, 4.69) is 9.98 Å². The molecule has 1 aromatic carbocycles. The first-order valence-corrected chi connectivity index (χ1v) is 3.97. The van der Waals surface area contributed by atoms with Gasteiger partial charge < -0.3 is 4.98 Å². The molecular formula is C10H8N2O. The molecule has 0 fully saturated rings. The Kier molecular flexibility index (Phi) is 1.72. The lowest BCUT2D eigenvalue weighted by Gasteiger charge is -1.92. The monoisotopic (exact) mass is 172 g/mol. The number of aryl methyl sites for hydroxylation is 1. The molecule has 2 aromatic rings. The maximum atomic E-state index is 10.1. The molecule has 0 amide bonds. The van der Waals surface area contributed by atoms with Gasteiger partial charge >= 0.3 is 0 Å². The smallest absolute Gasteiger partial charge is 0.240 e. The normalized spacial score (nSPS) is 9.92. The second-order valence-electron chi connectivity index (χ2n) is 2.93. The van der Waals surface area contributed by atoms with Crippen molar-refractivity contribution in [2.75, 3.05) is 0 Å². The lowest BCUT2D eigenvalue weighted by atomic mass is 10.2. The summed E-state index contributed by atoms with van der Waals surface area (Å²) in [6.45, 7) is 2.02. The van der Waals surface area contributed by atoms with E-state index in [-0.39, 0.29) is 0 Å². The van der Waals surface area contributed by atoms with Crippen LogP contribution in [0, 0.1) is 6.92 Å². The van der Waals surface area contributed by atoms with Crippen molar-refractivity contribution in [1.29, 1.82) is 0 Å². The molecule has 0 radical (unpaired) electrons. The number of nitrogens with one attached hydrogen (secondary N) is 1. The molecule has 0 aliphatic heterocycles. The van der Waals surface area contributed by atoms with Gasteiger partial charge in [0.25, 0.3) is 0 Å². The summed E-state index contributed by atoms with van der Waals surface area (Å²) in [6.07, 6.45) is 3.24.